The Bertz CT molecular complexity index is 1680. The van der Waals surface area contributed by atoms with Gasteiger partial charge in [-0.1, -0.05) is 25.3 Å². The minimum Gasteiger partial charge on any atom is -0.462 e. The summed E-state index contributed by atoms with van der Waals surface area (Å²) in [6.45, 7) is 1.23. The number of hydrogen-bond acceptors (Lipinski definition) is 12. The molecule has 54 heavy (non-hydrogen) atoms. The molecular weight excluding hydrogens is 734 g/mol. The number of rotatable bonds is 11. The van der Waals surface area contributed by atoms with Gasteiger partial charge in [-0.3, -0.25) is 18.9 Å². The third-order valence-corrected chi connectivity index (χ3v) is 14.2. The molecule has 0 aromatic carbocycles. The van der Waals surface area contributed by atoms with Gasteiger partial charge in [0.15, 0.2) is 12.1 Å². The number of esters is 3. The zero-order valence-corrected chi connectivity index (χ0v) is 31.3. The summed E-state index contributed by atoms with van der Waals surface area (Å²) >= 11 is 0. The van der Waals surface area contributed by atoms with E-state index in [4.69, 9.17) is 28.2 Å². The Labute approximate surface area is 313 Å². The molecule has 0 radical (unpaired) electrons. The summed E-state index contributed by atoms with van der Waals surface area (Å²) in [6, 6.07) is 0. The van der Waals surface area contributed by atoms with Gasteiger partial charge < -0.3 is 28.5 Å². The maximum atomic E-state index is 14.3. The average molecular weight is 785 g/mol. The molecule has 0 amide bonds. The smallest absolute Gasteiger partial charge is 0.462 e. The largest absolute Gasteiger partial charge is 0.465 e. The quantitative estimate of drug-likeness (QED) is 0.127. The Morgan fingerprint density at radius 2 is 1.59 bits per heavy atom. The number of Topliss-reactive ketones (excluding diaryl/α,β-unsaturated/α-hetero) is 1. The van der Waals surface area contributed by atoms with Gasteiger partial charge in [-0.25, -0.2) is 4.79 Å². The van der Waals surface area contributed by atoms with Crippen molar-refractivity contribution in [1.82, 2.24) is 0 Å². The van der Waals surface area contributed by atoms with Crippen LogP contribution in [-0.4, -0.2) is 85.5 Å². The van der Waals surface area contributed by atoms with Crippen molar-refractivity contribution in [3.63, 3.8) is 0 Å². The second-order valence-electron chi connectivity index (χ2n) is 17.5. The van der Waals surface area contributed by atoms with Crippen LogP contribution in [0.5, 0.6) is 0 Å². The molecule has 16 heteroatoms. The molecule has 1 N–H and O–H groups in total. The number of ether oxygens (including phenoxy) is 5. The van der Waals surface area contributed by atoms with E-state index >= 15 is 0 Å². The van der Waals surface area contributed by atoms with E-state index in [1.54, 1.807) is 13.0 Å². The van der Waals surface area contributed by atoms with Crippen molar-refractivity contribution in [3.8, 4) is 0 Å². The lowest BCUT2D eigenvalue weighted by molar-refractivity contribution is -0.202. The fraction of sp³-hybridized carbons (Fsp3) is 0.816. The van der Waals surface area contributed by atoms with Gasteiger partial charge in [-0.05, 0) is 107 Å². The molecule has 7 rings (SSSR count). The van der Waals surface area contributed by atoms with E-state index in [0.717, 1.165) is 25.5 Å². The predicted molar refractivity (Wildman–Crippen MR) is 182 cm³/mol. The Kier molecular flexibility index (Phi) is 10.7. The fourth-order valence-electron chi connectivity index (χ4n) is 11.0. The summed E-state index contributed by atoms with van der Waals surface area (Å²) in [5.74, 6) is -3.67. The standard InChI is InChI=1S/C38H50F2O13S/c1-35(13-24-6-7-28(42)26(11-24)17-35)32(43)49-20-29-30(21-50-33(44)36-8-2-4-22(14-36)10-25(15-36)19-41)52-31(51-29)27-12-23-5-3-9-37(16-23,18-27)53-34(45)38(39,40)54(46,47)48/h17,19,22-25,27,29-31H,2-16,18,20-21H2,1H3,(H,46,47,48). The summed E-state index contributed by atoms with van der Waals surface area (Å²) in [5.41, 5.74) is -2.63. The number of halogens is 2. The molecule has 11 unspecified atom stereocenters. The number of allylic oxidation sites excluding steroid dienone is 1. The van der Waals surface area contributed by atoms with Crippen molar-refractivity contribution < 1.29 is 69.4 Å². The van der Waals surface area contributed by atoms with E-state index < -0.39 is 74.1 Å². The van der Waals surface area contributed by atoms with Crippen molar-refractivity contribution in [2.75, 3.05) is 13.2 Å². The zero-order valence-electron chi connectivity index (χ0n) is 30.5. The van der Waals surface area contributed by atoms with Crippen LogP contribution in [0.3, 0.4) is 0 Å². The normalized spacial score (nSPS) is 40.6. The second kappa shape index (κ2) is 14.6. The highest BCUT2D eigenvalue weighted by Crippen LogP contribution is 2.53. The van der Waals surface area contributed by atoms with Crippen LogP contribution in [-0.2, 0) is 57.8 Å². The number of aldehydes is 1. The first kappa shape index (κ1) is 39.4. The maximum Gasteiger partial charge on any atom is 0.465 e. The summed E-state index contributed by atoms with van der Waals surface area (Å²) < 4.78 is 90.1. The van der Waals surface area contributed by atoms with Gasteiger partial charge in [0.1, 0.15) is 37.3 Å². The zero-order chi connectivity index (χ0) is 38.7. The lowest BCUT2D eigenvalue weighted by Gasteiger charge is -2.48. The molecule has 1 aliphatic heterocycles. The van der Waals surface area contributed by atoms with E-state index in [1.807, 2.05) is 0 Å². The maximum absolute atomic E-state index is 14.3. The van der Waals surface area contributed by atoms with E-state index in [0.29, 0.717) is 69.8 Å². The molecule has 11 atom stereocenters. The van der Waals surface area contributed by atoms with Crippen LogP contribution in [0.4, 0.5) is 8.78 Å². The number of carbonyl (C=O) groups is 5. The molecule has 6 fully saturated rings. The van der Waals surface area contributed by atoms with Gasteiger partial charge in [0, 0.05) is 18.3 Å². The number of ketones is 1. The van der Waals surface area contributed by atoms with Gasteiger partial charge in [0.25, 0.3) is 0 Å². The van der Waals surface area contributed by atoms with Gasteiger partial charge in [-0.2, -0.15) is 17.2 Å². The van der Waals surface area contributed by atoms with Gasteiger partial charge in [-0.15, -0.1) is 0 Å². The van der Waals surface area contributed by atoms with Crippen molar-refractivity contribution in [2.45, 2.75) is 139 Å². The molecule has 1 heterocycles. The third-order valence-electron chi connectivity index (χ3n) is 13.4. The molecular formula is C38H50F2O13S. The van der Waals surface area contributed by atoms with Crippen LogP contribution in [0.15, 0.2) is 11.6 Å². The van der Waals surface area contributed by atoms with Crippen LogP contribution < -0.4 is 0 Å². The molecule has 6 bridgehead atoms. The SMILES string of the molecule is CC1(C(=O)OCC2OC(C3CC4CCCC(OC(=O)C(F)(F)S(=O)(=O)O)(C4)C3)OC2COC(=O)C23CCCC(CC(C=O)C2)C3)C=C2CC(CCC2=O)C1. The first-order chi connectivity index (χ1) is 25.4. The molecule has 13 nitrogen and oxygen atoms in total. The Morgan fingerprint density at radius 1 is 0.926 bits per heavy atom. The van der Waals surface area contributed by atoms with Gasteiger partial charge >= 0.3 is 33.3 Å². The summed E-state index contributed by atoms with van der Waals surface area (Å²) in [6.07, 6.45) is 8.49. The number of hydrogen-bond donors (Lipinski definition) is 1. The van der Waals surface area contributed by atoms with Crippen LogP contribution in [0.1, 0.15) is 110 Å². The molecule has 7 aliphatic rings. The molecule has 6 aliphatic carbocycles. The van der Waals surface area contributed by atoms with E-state index in [9.17, 15) is 41.2 Å². The third kappa shape index (κ3) is 7.65. The number of fused-ring (bicyclic) bond motifs is 6. The van der Waals surface area contributed by atoms with Crippen LogP contribution in [0, 0.1) is 40.4 Å². The number of carbonyl (C=O) groups excluding carboxylic acids is 5. The molecule has 0 aromatic heterocycles. The molecule has 1 saturated heterocycles. The highest BCUT2D eigenvalue weighted by atomic mass is 32.2. The second-order valence-corrected chi connectivity index (χ2v) is 19.0. The number of alkyl halides is 2. The molecule has 0 spiro atoms. The van der Waals surface area contributed by atoms with Crippen LogP contribution in [0.25, 0.3) is 0 Å². The monoisotopic (exact) mass is 784 g/mol. The molecule has 5 saturated carbocycles. The first-order valence-corrected chi connectivity index (χ1v) is 20.8. The fourth-order valence-corrected chi connectivity index (χ4v) is 11.3. The van der Waals surface area contributed by atoms with E-state index in [-0.39, 0.29) is 61.9 Å². The topological polar surface area (TPSA) is 186 Å². The van der Waals surface area contributed by atoms with E-state index in [1.165, 1.54) is 0 Å². The van der Waals surface area contributed by atoms with Crippen molar-refractivity contribution in [1.29, 1.82) is 0 Å². The Morgan fingerprint density at radius 3 is 2.28 bits per heavy atom. The lowest BCUT2D eigenvalue weighted by Crippen LogP contribution is -2.51. The Balaban J connectivity index is 1.07. The van der Waals surface area contributed by atoms with Crippen molar-refractivity contribution >= 4 is 40.1 Å². The molecule has 300 valence electrons. The van der Waals surface area contributed by atoms with E-state index in [2.05, 4.69) is 0 Å². The van der Waals surface area contributed by atoms with Crippen LogP contribution in [0.2, 0.25) is 0 Å². The average Bonchev–Trinajstić information content (AvgIpc) is 3.53. The van der Waals surface area contributed by atoms with Gasteiger partial charge in [0.2, 0.25) is 0 Å². The lowest BCUT2D eigenvalue weighted by atomic mass is 9.59. The minimum atomic E-state index is -6.07. The van der Waals surface area contributed by atoms with Crippen molar-refractivity contribution in [2.24, 2.45) is 40.4 Å². The van der Waals surface area contributed by atoms with Crippen LogP contribution >= 0.6 is 0 Å². The Hall–Kier alpha value is -2.82. The summed E-state index contributed by atoms with van der Waals surface area (Å²) in [5, 5.41) is -5.15. The van der Waals surface area contributed by atoms with Crippen molar-refractivity contribution in [3.05, 3.63) is 11.6 Å². The summed E-state index contributed by atoms with van der Waals surface area (Å²) in [4.78, 5) is 64.1. The molecule has 0 aromatic rings. The van der Waals surface area contributed by atoms with Gasteiger partial charge in [0.05, 0.1) is 10.8 Å². The highest BCUT2D eigenvalue weighted by Gasteiger charge is 2.59. The predicted octanol–water partition coefficient (Wildman–Crippen LogP) is 5.04. The first-order valence-electron chi connectivity index (χ1n) is 19.4. The minimum absolute atomic E-state index is 0.000872. The highest BCUT2D eigenvalue weighted by molar-refractivity contribution is 7.87. The summed E-state index contributed by atoms with van der Waals surface area (Å²) in [7, 11) is -6.07.